The largest absolute Gasteiger partial charge is 0.461 e. The second-order valence-corrected chi connectivity index (χ2v) is 7.28. The lowest BCUT2D eigenvalue weighted by Gasteiger charge is -2.18. The fourth-order valence-electron chi connectivity index (χ4n) is 1.46. The molecule has 2 N–H and O–H groups in total. The number of sulfone groups is 1. The lowest BCUT2D eigenvalue weighted by molar-refractivity contribution is -0.151. The molecule has 0 aliphatic rings. The summed E-state index contributed by atoms with van der Waals surface area (Å²) in [5.74, 6) is -2.98. The first-order valence-corrected chi connectivity index (χ1v) is 8.67. The van der Waals surface area contributed by atoms with Gasteiger partial charge in [0.05, 0.1) is 12.3 Å². The molecule has 0 rings (SSSR count). The second kappa shape index (κ2) is 9.29. The zero-order valence-corrected chi connectivity index (χ0v) is 13.7. The van der Waals surface area contributed by atoms with Gasteiger partial charge in [0.1, 0.15) is 11.8 Å². The van der Waals surface area contributed by atoms with Crippen molar-refractivity contribution in [2.75, 3.05) is 11.5 Å². The van der Waals surface area contributed by atoms with E-state index >= 15 is 0 Å². The summed E-state index contributed by atoms with van der Waals surface area (Å²) >= 11 is 0. The van der Waals surface area contributed by atoms with Crippen LogP contribution in [-0.2, 0) is 29.0 Å². The number of hydrogen-bond donors (Lipinski definition) is 2. The fraction of sp³-hybridized carbons (Fsp3) is 0.692. The maximum Gasteiger partial charge on any atom is 0.328 e. The molecule has 0 bridgehead atoms. The lowest BCUT2D eigenvalue weighted by Crippen LogP contribution is -2.45. The molecule has 22 heavy (non-hydrogen) atoms. The fourth-order valence-corrected chi connectivity index (χ4v) is 2.15. The number of hydrogen-bond acceptors (Lipinski definition) is 7. The Kier molecular flexibility index (Phi) is 8.54. The number of nitrogens with one attached hydrogen (secondary N) is 2. The molecule has 0 fully saturated rings. The van der Waals surface area contributed by atoms with Crippen LogP contribution in [0.1, 0.15) is 33.6 Å². The smallest absolute Gasteiger partial charge is 0.328 e. The Morgan fingerprint density at radius 2 is 1.86 bits per heavy atom. The molecule has 0 radical (unpaired) electrons. The van der Waals surface area contributed by atoms with E-state index in [9.17, 15) is 22.8 Å². The third-order valence-electron chi connectivity index (χ3n) is 2.60. The van der Waals surface area contributed by atoms with Crippen molar-refractivity contribution in [2.24, 2.45) is 0 Å². The summed E-state index contributed by atoms with van der Waals surface area (Å²) < 4.78 is 27.7. The average molecular weight is 334 g/mol. The van der Waals surface area contributed by atoms with Crippen molar-refractivity contribution in [3.05, 3.63) is 0 Å². The molecule has 0 aliphatic heterocycles. The molecule has 0 aromatic rings. The number of esters is 1. The monoisotopic (exact) mass is 334 g/mol. The molecular weight excluding hydrogens is 312 g/mol. The predicted octanol–water partition coefficient (Wildman–Crippen LogP) is -0.144. The Bertz CT molecular complexity index is 527. The zero-order chi connectivity index (χ0) is 17.3. The van der Waals surface area contributed by atoms with Crippen molar-refractivity contribution in [1.29, 1.82) is 5.41 Å². The molecule has 126 valence electrons. The topological polar surface area (TPSA) is 130 Å². The van der Waals surface area contributed by atoms with Gasteiger partial charge in [0.2, 0.25) is 5.91 Å². The molecule has 0 unspecified atom stereocenters. The van der Waals surface area contributed by atoms with Crippen LogP contribution in [0.15, 0.2) is 0 Å². The van der Waals surface area contributed by atoms with Crippen molar-refractivity contribution < 1.29 is 27.5 Å². The van der Waals surface area contributed by atoms with Gasteiger partial charge >= 0.3 is 5.97 Å². The summed E-state index contributed by atoms with van der Waals surface area (Å²) in [6.45, 7) is 4.66. The minimum atomic E-state index is -3.52. The summed E-state index contributed by atoms with van der Waals surface area (Å²) in [5, 5.41) is 9.07. The van der Waals surface area contributed by atoms with Crippen molar-refractivity contribution in [1.82, 2.24) is 5.32 Å². The van der Waals surface area contributed by atoms with Crippen molar-refractivity contribution >= 4 is 33.7 Å². The van der Waals surface area contributed by atoms with Crippen LogP contribution in [0.5, 0.6) is 0 Å². The predicted molar refractivity (Wildman–Crippen MR) is 80.5 cm³/mol. The lowest BCUT2D eigenvalue weighted by atomic mass is 10.1. The number of ether oxygens (including phenoxy) is 1. The molecule has 0 aromatic carbocycles. The Morgan fingerprint density at radius 3 is 2.32 bits per heavy atom. The molecule has 0 saturated heterocycles. The Balaban J connectivity index is 4.84. The van der Waals surface area contributed by atoms with E-state index in [0.29, 0.717) is 6.21 Å². The standard InChI is InChI=1S/C13H22N2O6S/c1-4-22(19,20)8-12(17)15-11(6-5-10(16)7-14)13(18)21-9(2)3/h7,9,11,14H,4-6,8H2,1-3H3,(H,15,17)/t11-/m0/s1. The van der Waals surface area contributed by atoms with E-state index in [1.807, 2.05) is 0 Å². The van der Waals surface area contributed by atoms with Crippen molar-refractivity contribution in [3.63, 3.8) is 0 Å². The molecule has 8 nitrogen and oxygen atoms in total. The van der Waals surface area contributed by atoms with Crippen LogP contribution in [-0.4, -0.2) is 55.9 Å². The minimum Gasteiger partial charge on any atom is -0.461 e. The maximum absolute atomic E-state index is 11.9. The van der Waals surface area contributed by atoms with Gasteiger partial charge in [-0.05, 0) is 20.3 Å². The quantitative estimate of drug-likeness (QED) is 0.422. The first-order chi connectivity index (χ1) is 10.1. The molecule has 0 spiro atoms. The van der Waals surface area contributed by atoms with Crippen molar-refractivity contribution in [2.45, 2.75) is 45.8 Å². The van der Waals surface area contributed by atoms with Crippen LogP contribution in [0.4, 0.5) is 0 Å². The van der Waals surface area contributed by atoms with E-state index in [4.69, 9.17) is 10.1 Å². The normalized spacial score (nSPS) is 12.5. The Labute approximate surface area is 130 Å². The molecule has 1 amide bonds. The van der Waals surface area contributed by atoms with E-state index in [0.717, 1.165) is 0 Å². The number of rotatable bonds is 10. The van der Waals surface area contributed by atoms with E-state index in [1.165, 1.54) is 6.92 Å². The van der Waals surface area contributed by atoms with Crippen LogP contribution < -0.4 is 5.32 Å². The van der Waals surface area contributed by atoms with Crippen LogP contribution in [0.25, 0.3) is 0 Å². The van der Waals surface area contributed by atoms with Gasteiger partial charge in [-0.2, -0.15) is 0 Å². The molecule has 0 aliphatic carbocycles. The highest BCUT2D eigenvalue weighted by molar-refractivity contribution is 7.92. The first kappa shape index (κ1) is 20.2. The highest BCUT2D eigenvalue weighted by Gasteiger charge is 2.25. The maximum atomic E-state index is 11.9. The van der Waals surface area contributed by atoms with E-state index in [2.05, 4.69) is 5.32 Å². The van der Waals surface area contributed by atoms with Gasteiger partial charge < -0.3 is 15.5 Å². The van der Waals surface area contributed by atoms with E-state index < -0.39 is 45.4 Å². The minimum absolute atomic E-state index is 0.0579. The third kappa shape index (κ3) is 8.50. The molecule has 0 aromatic heterocycles. The van der Waals surface area contributed by atoms with Crippen LogP contribution >= 0.6 is 0 Å². The van der Waals surface area contributed by atoms with Crippen molar-refractivity contribution in [3.8, 4) is 0 Å². The summed E-state index contributed by atoms with van der Waals surface area (Å²) in [5.41, 5.74) is 0. The Hall–Kier alpha value is -1.77. The summed E-state index contributed by atoms with van der Waals surface area (Å²) in [4.78, 5) is 34.7. The van der Waals surface area contributed by atoms with Gasteiger partial charge in [0.25, 0.3) is 0 Å². The molecule has 0 saturated carbocycles. The first-order valence-electron chi connectivity index (χ1n) is 6.84. The zero-order valence-electron chi connectivity index (χ0n) is 12.9. The average Bonchev–Trinajstić information content (AvgIpc) is 2.41. The number of Topliss-reactive ketones (excluding diaryl/α,β-unsaturated/α-hetero) is 1. The molecule has 9 heteroatoms. The van der Waals surface area contributed by atoms with Gasteiger partial charge in [-0.15, -0.1) is 0 Å². The highest BCUT2D eigenvalue weighted by Crippen LogP contribution is 2.04. The Morgan fingerprint density at radius 1 is 1.27 bits per heavy atom. The van der Waals surface area contributed by atoms with Gasteiger partial charge in [0, 0.05) is 12.2 Å². The highest BCUT2D eigenvalue weighted by atomic mass is 32.2. The van der Waals surface area contributed by atoms with Crippen LogP contribution in [0.2, 0.25) is 0 Å². The van der Waals surface area contributed by atoms with Gasteiger partial charge in [0.15, 0.2) is 15.6 Å². The third-order valence-corrected chi connectivity index (χ3v) is 4.18. The van der Waals surface area contributed by atoms with E-state index in [-0.39, 0.29) is 18.6 Å². The number of carbonyl (C=O) groups excluding carboxylic acids is 3. The number of carbonyl (C=O) groups is 3. The number of ketones is 1. The summed E-state index contributed by atoms with van der Waals surface area (Å²) in [6, 6.07) is -1.12. The number of amides is 1. The van der Waals surface area contributed by atoms with Crippen LogP contribution in [0, 0.1) is 5.41 Å². The molecule has 1 atom stereocenters. The van der Waals surface area contributed by atoms with Crippen LogP contribution in [0.3, 0.4) is 0 Å². The summed E-state index contributed by atoms with van der Waals surface area (Å²) in [6.07, 6.45) is 0.0262. The second-order valence-electron chi connectivity index (χ2n) is 4.93. The van der Waals surface area contributed by atoms with Gasteiger partial charge in [-0.25, -0.2) is 13.2 Å². The van der Waals surface area contributed by atoms with Gasteiger partial charge in [-0.1, -0.05) is 6.92 Å². The molecule has 0 heterocycles. The molecular formula is C13H22N2O6S. The van der Waals surface area contributed by atoms with E-state index in [1.54, 1.807) is 13.8 Å². The SMILES string of the molecule is CCS(=O)(=O)CC(=O)N[C@@H](CCC(=O)C=N)C(=O)OC(C)C. The summed E-state index contributed by atoms with van der Waals surface area (Å²) in [7, 11) is -3.52. The van der Waals surface area contributed by atoms with Gasteiger partial charge in [-0.3, -0.25) is 9.59 Å².